The molecule has 0 aromatic rings. The van der Waals surface area contributed by atoms with Gasteiger partial charge in [-0.15, -0.1) is 0 Å². The van der Waals surface area contributed by atoms with E-state index in [4.69, 9.17) is 0 Å². The molecular weight excluding hydrogens is 332 g/mol. The fraction of sp³-hybridized carbons (Fsp3) is 0.960. The van der Waals surface area contributed by atoms with E-state index in [0.29, 0.717) is 17.1 Å². The number of rotatable bonds is 3. The van der Waals surface area contributed by atoms with Crippen LogP contribution in [0.15, 0.2) is 0 Å². The number of fused-ring (bicyclic) bond motifs is 5. The Morgan fingerprint density at radius 2 is 1.67 bits per heavy atom. The van der Waals surface area contributed by atoms with Crippen molar-refractivity contribution < 1.29 is 9.90 Å². The second-order valence-electron chi connectivity index (χ2n) is 11.8. The highest BCUT2D eigenvalue weighted by Gasteiger charge is 2.58. The summed E-state index contributed by atoms with van der Waals surface area (Å²) in [7, 11) is 0. The molecule has 5 aliphatic rings. The molecule has 0 heterocycles. The number of Topliss-reactive ketones (excluding diaryl/α,β-unsaturated/α-hetero) is 1. The Morgan fingerprint density at radius 3 is 2.41 bits per heavy atom. The molecule has 0 saturated heterocycles. The van der Waals surface area contributed by atoms with Crippen LogP contribution in [0.2, 0.25) is 0 Å². The second-order valence-corrected chi connectivity index (χ2v) is 11.8. The summed E-state index contributed by atoms with van der Waals surface area (Å²) in [6.45, 7) is 4.56. The minimum absolute atomic E-state index is 0.301. The van der Waals surface area contributed by atoms with Crippen LogP contribution >= 0.6 is 0 Å². The van der Waals surface area contributed by atoms with Gasteiger partial charge < -0.3 is 5.11 Å². The average molecular weight is 373 g/mol. The standard InChI is InChI=1S/C25H40O2/c1-24(27)12-10-18-17(15-24)6-7-20-19(18)11-13-25(2)21(20)8-9-22(25)23(26)14-16-4-3-5-16/h16-22,27H,3-15H2,1-2H3/t17-,18+,19-,20-,21+,22-,24-,25+/m1/s1. The lowest BCUT2D eigenvalue weighted by atomic mass is 9.49. The van der Waals surface area contributed by atoms with E-state index >= 15 is 0 Å². The summed E-state index contributed by atoms with van der Waals surface area (Å²) in [6.07, 6.45) is 16.0. The van der Waals surface area contributed by atoms with Crippen molar-refractivity contribution in [2.24, 2.45) is 46.8 Å². The van der Waals surface area contributed by atoms with Gasteiger partial charge in [-0.2, -0.15) is 0 Å². The minimum atomic E-state index is -0.413. The molecule has 0 bridgehead atoms. The Morgan fingerprint density at radius 1 is 0.889 bits per heavy atom. The van der Waals surface area contributed by atoms with Gasteiger partial charge in [0, 0.05) is 12.3 Å². The molecule has 0 spiro atoms. The highest BCUT2D eigenvalue weighted by Crippen LogP contribution is 2.65. The Labute approximate surface area is 165 Å². The van der Waals surface area contributed by atoms with E-state index in [9.17, 15) is 9.90 Å². The first-order chi connectivity index (χ1) is 12.9. The van der Waals surface area contributed by atoms with Gasteiger partial charge in [0.2, 0.25) is 0 Å². The Hall–Kier alpha value is -0.370. The quantitative estimate of drug-likeness (QED) is 0.683. The Bertz CT molecular complexity index is 591. The second kappa shape index (κ2) is 6.57. The molecule has 5 saturated carbocycles. The first-order valence-corrected chi connectivity index (χ1v) is 12.1. The highest BCUT2D eigenvalue weighted by molar-refractivity contribution is 5.82. The van der Waals surface area contributed by atoms with Gasteiger partial charge in [0.15, 0.2) is 0 Å². The molecule has 0 aromatic heterocycles. The van der Waals surface area contributed by atoms with Crippen LogP contribution < -0.4 is 0 Å². The summed E-state index contributed by atoms with van der Waals surface area (Å²) in [4.78, 5) is 13.1. The van der Waals surface area contributed by atoms with Crippen LogP contribution in [0.1, 0.15) is 97.3 Å². The summed E-state index contributed by atoms with van der Waals surface area (Å²) < 4.78 is 0. The monoisotopic (exact) mass is 372 g/mol. The van der Waals surface area contributed by atoms with Crippen molar-refractivity contribution in [1.82, 2.24) is 0 Å². The lowest BCUT2D eigenvalue weighted by Crippen LogP contribution is -2.51. The van der Waals surface area contributed by atoms with Crippen LogP contribution in [0.4, 0.5) is 0 Å². The van der Waals surface area contributed by atoms with Gasteiger partial charge in [0.25, 0.3) is 0 Å². The number of carbonyl (C=O) groups excluding carboxylic acids is 1. The SMILES string of the molecule is C[C@@]1(O)CC[C@H]2[C@H](CC[C@@H]3[C@@H]2CC[C@]2(C)[C@@H](C(=O)CC4CCC4)CC[C@@H]32)C1. The maximum absolute atomic E-state index is 13.1. The van der Waals surface area contributed by atoms with E-state index in [1.165, 1.54) is 64.2 Å². The van der Waals surface area contributed by atoms with Crippen LogP contribution in [-0.2, 0) is 4.79 Å². The lowest BCUT2D eigenvalue weighted by molar-refractivity contribution is -0.133. The van der Waals surface area contributed by atoms with Crippen molar-refractivity contribution in [3.8, 4) is 0 Å². The minimum Gasteiger partial charge on any atom is -0.390 e. The van der Waals surface area contributed by atoms with Crippen molar-refractivity contribution in [2.45, 2.75) is 103 Å². The zero-order chi connectivity index (χ0) is 18.8. The molecule has 27 heavy (non-hydrogen) atoms. The first-order valence-electron chi connectivity index (χ1n) is 12.1. The predicted octanol–water partition coefficient (Wildman–Crippen LogP) is 5.77. The lowest BCUT2D eigenvalue weighted by Gasteiger charge is -2.57. The predicted molar refractivity (Wildman–Crippen MR) is 108 cm³/mol. The molecule has 8 atom stereocenters. The number of hydrogen-bond acceptors (Lipinski definition) is 2. The smallest absolute Gasteiger partial charge is 0.136 e. The summed E-state index contributed by atoms with van der Waals surface area (Å²) >= 11 is 0. The average Bonchev–Trinajstić information content (AvgIpc) is 2.94. The van der Waals surface area contributed by atoms with E-state index < -0.39 is 5.60 Å². The molecule has 152 valence electrons. The zero-order valence-electron chi connectivity index (χ0n) is 17.6. The molecule has 2 heteroatoms. The van der Waals surface area contributed by atoms with E-state index in [2.05, 4.69) is 13.8 Å². The van der Waals surface area contributed by atoms with Crippen molar-refractivity contribution in [1.29, 1.82) is 0 Å². The van der Waals surface area contributed by atoms with Crippen LogP contribution in [0.3, 0.4) is 0 Å². The summed E-state index contributed by atoms with van der Waals surface area (Å²) in [6, 6.07) is 0. The van der Waals surface area contributed by atoms with Crippen molar-refractivity contribution in [3.63, 3.8) is 0 Å². The maximum atomic E-state index is 13.1. The topological polar surface area (TPSA) is 37.3 Å². The molecule has 0 aliphatic heterocycles. The molecule has 5 fully saturated rings. The third-order valence-corrected chi connectivity index (χ3v) is 10.3. The van der Waals surface area contributed by atoms with Crippen molar-refractivity contribution >= 4 is 5.78 Å². The number of hydrogen-bond donors (Lipinski definition) is 1. The maximum Gasteiger partial charge on any atom is 0.136 e. The summed E-state index contributed by atoms with van der Waals surface area (Å²) in [5.41, 5.74) is -0.113. The molecular formula is C25H40O2. The van der Waals surface area contributed by atoms with Crippen molar-refractivity contribution in [3.05, 3.63) is 0 Å². The molecule has 1 N–H and O–H groups in total. The fourth-order valence-corrected chi connectivity index (χ4v) is 8.73. The first kappa shape index (κ1) is 18.6. The van der Waals surface area contributed by atoms with Crippen LogP contribution in [-0.4, -0.2) is 16.5 Å². The van der Waals surface area contributed by atoms with Crippen LogP contribution in [0.25, 0.3) is 0 Å². The number of ketones is 1. The normalized spacial score (nSPS) is 52.4. The molecule has 2 nitrogen and oxygen atoms in total. The van der Waals surface area contributed by atoms with E-state index in [1.807, 2.05) is 0 Å². The van der Waals surface area contributed by atoms with Gasteiger partial charge in [-0.1, -0.05) is 26.2 Å². The summed E-state index contributed by atoms with van der Waals surface area (Å²) in [5, 5.41) is 10.6. The Kier molecular flexibility index (Phi) is 4.54. The van der Waals surface area contributed by atoms with E-state index in [0.717, 1.165) is 54.8 Å². The van der Waals surface area contributed by atoms with Crippen LogP contribution in [0.5, 0.6) is 0 Å². The summed E-state index contributed by atoms with van der Waals surface area (Å²) in [5.74, 6) is 5.90. The number of carbonyl (C=O) groups is 1. The third-order valence-electron chi connectivity index (χ3n) is 10.3. The third kappa shape index (κ3) is 3.04. The van der Waals surface area contributed by atoms with Gasteiger partial charge in [-0.3, -0.25) is 4.79 Å². The van der Waals surface area contributed by atoms with Crippen molar-refractivity contribution in [2.75, 3.05) is 0 Å². The molecule has 0 unspecified atom stereocenters. The van der Waals surface area contributed by atoms with Gasteiger partial charge >= 0.3 is 0 Å². The zero-order valence-corrected chi connectivity index (χ0v) is 17.6. The number of aliphatic hydroxyl groups is 1. The highest BCUT2D eigenvalue weighted by atomic mass is 16.3. The largest absolute Gasteiger partial charge is 0.390 e. The van der Waals surface area contributed by atoms with Gasteiger partial charge in [-0.05, 0) is 106 Å². The van der Waals surface area contributed by atoms with E-state index in [1.54, 1.807) is 0 Å². The molecule has 5 aliphatic carbocycles. The molecule has 5 rings (SSSR count). The molecule has 0 aromatic carbocycles. The van der Waals surface area contributed by atoms with Crippen LogP contribution in [0, 0.1) is 46.8 Å². The van der Waals surface area contributed by atoms with E-state index in [-0.39, 0.29) is 0 Å². The van der Waals surface area contributed by atoms with Gasteiger partial charge in [-0.25, -0.2) is 0 Å². The van der Waals surface area contributed by atoms with Gasteiger partial charge in [0.1, 0.15) is 5.78 Å². The fourth-order valence-electron chi connectivity index (χ4n) is 8.73. The van der Waals surface area contributed by atoms with Gasteiger partial charge in [0.05, 0.1) is 5.60 Å². The molecule has 0 radical (unpaired) electrons. The Balaban J connectivity index is 1.31. The molecule has 0 amide bonds.